The molecule has 2 rings (SSSR count). The molecule has 0 spiro atoms. The lowest BCUT2D eigenvalue weighted by atomic mass is 10.1. The fourth-order valence-electron chi connectivity index (χ4n) is 2.58. The minimum atomic E-state index is -3.38. The van der Waals surface area contributed by atoms with Gasteiger partial charge in [-0.15, -0.1) is 0 Å². The molecule has 140 valence electrons. The van der Waals surface area contributed by atoms with Gasteiger partial charge in [0.25, 0.3) is 5.56 Å². The summed E-state index contributed by atoms with van der Waals surface area (Å²) in [6.45, 7) is 0. The minimum absolute atomic E-state index is 0.519. The molecule has 1 N–H and O–H groups in total. The third-order valence-electron chi connectivity index (χ3n) is 3.86. The SMILES string of the molecule is COC1C(OC)[C@@H](/C=C/P(=O)(OC)OC)O[C@H]1n1ccc(=O)[nH]c1=O. The number of methoxy groups -OCH3 is 2. The van der Waals surface area contributed by atoms with Crippen molar-refractivity contribution >= 4 is 7.60 Å². The third-order valence-corrected chi connectivity index (χ3v) is 5.42. The standard InChI is InChI=1S/C14H21N2O8P/c1-20-11-9(6-8-25(19,22-3)23-4)24-13(12(11)21-2)16-7-5-10(17)15-14(16)18/h5-9,11-13H,1-4H3,(H,15,17,18)/b8-6+/t9-,11?,12?,13-/m1/s1. The number of hydrogen-bond donors (Lipinski definition) is 1. The van der Waals surface area contributed by atoms with Gasteiger partial charge in [0.2, 0.25) is 0 Å². The van der Waals surface area contributed by atoms with Crippen LogP contribution in [0.2, 0.25) is 0 Å². The van der Waals surface area contributed by atoms with E-state index in [0.717, 1.165) is 0 Å². The van der Waals surface area contributed by atoms with Gasteiger partial charge in [-0.25, -0.2) is 4.79 Å². The number of H-pyrrole nitrogens is 1. The molecule has 11 heteroatoms. The maximum atomic E-state index is 12.1. The summed E-state index contributed by atoms with van der Waals surface area (Å²) in [6, 6.07) is 1.20. The molecule has 0 radical (unpaired) electrons. The van der Waals surface area contributed by atoms with E-state index < -0.39 is 43.4 Å². The first-order chi connectivity index (χ1) is 11.9. The Bertz CT molecular complexity index is 765. The predicted molar refractivity (Wildman–Crippen MR) is 87.6 cm³/mol. The maximum absolute atomic E-state index is 12.1. The lowest BCUT2D eigenvalue weighted by Gasteiger charge is -2.21. The van der Waals surface area contributed by atoms with Gasteiger partial charge in [0.05, 0.1) is 0 Å². The van der Waals surface area contributed by atoms with E-state index in [1.165, 1.54) is 57.2 Å². The molecule has 1 aliphatic heterocycles. The van der Waals surface area contributed by atoms with Crippen molar-refractivity contribution in [2.75, 3.05) is 28.4 Å². The van der Waals surface area contributed by atoms with Crippen LogP contribution in [0.1, 0.15) is 6.23 Å². The van der Waals surface area contributed by atoms with E-state index in [1.807, 2.05) is 0 Å². The molecular weight excluding hydrogens is 355 g/mol. The van der Waals surface area contributed by atoms with Crippen molar-refractivity contribution in [3.63, 3.8) is 0 Å². The summed E-state index contributed by atoms with van der Waals surface area (Å²) >= 11 is 0. The van der Waals surface area contributed by atoms with Crippen molar-refractivity contribution < 1.29 is 27.8 Å². The zero-order valence-corrected chi connectivity index (χ0v) is 15.2. The van der Waals surface area contributed by atoms with Crippen molar-refractivity contribution in [1.82, 2.24) is 9.55 Å². The molecule has 1 aromatic heterocycles. The van der Waals surface area contributed by atoms with Crippen molar-refractivity contribution in [1.29, 1.82) is 0 Å². The van der Waals surface area contributed by atoms with E-state index in [4.69, 9.17) is 23.3 Å². The van der Waals surface area contributed by atoms with E-state index in [1.54, 1.807) is 0 Å². The van der Waals surface area contributed by atoms with Crippen LogP contribution in [0.5, 0.6) is 0 Å². The number of hydrogen-bond acceptors (Lipinski definition) is 8. The number of ether oxygens (including phenoxy) is 3. The fraction of sp³-hybridized carbons (Fsp3) is 0.571. The summed E-state index contributed by atoms with van der Waals surface area (Å²) in [5.74, 6) is 1.26. The Morgan fingerprint density at radius 2 is 1.80 bits per heavy atom. The number of aromatic nitrogens is 2. The van der Waals surface area contributed by atoms with Gasteiger partial charge in [-0.05, 0) is 6.08 Å². The molecule has 1 fully saturated rings. The minimum Gasteiger partial charge on any atom is -0.375 e. The van der Waals surface area contributed by atoms with Crippen LogP contribution in [0.15, 0.2) is 33.7 Å². The molecule has 0 amide bonds. The van der Waals surface area contributed by atoms with Gasteiger partial charge in [-0.1, -0.05) is 0 Å². The first kappa shape index (κ1) is 19.8. The van der Waals surface area contributed by atoms with Crippen LogP contribution in [0.4, 0.5) is 0 Å². The smallest absolute Gasteiger partial charge is 0.353 e. The fourth-order valence-corrected chi connectivity index (χ4v) is 3.35. The highest BCUT2D eigenvalue weighted by Gasteiger charge is 2.46. The van der Waals surface area contributed by atoms with Gasteiger partial charge in [-0.3, -0.25) is 18.9 Å². The molecule has 10 nitrogen and oxygen atoms in total. The second kappa shape index (κ2) is 8.22. The van der Waals surface area contributed by atoms with Crippen molar-refractivity contribution in [3.8, 4) is 0 Å². The Morgan fingerprint density at radius 1 is 1.16 bits per heavy atom. The molecule has 0 bridgehead atoms. The summed E-state index contributed by atoms with van der Waals surface area (Å²) in [6.07, 6.45) is 0.0205. The first-order valence-corrected chi connectivity index (χ1v) is 8.93. The quantitative estimate of drug-likeness (QED) is 0.682. The molecule has 0 aliphatic carbocycles. The highest BCUT2D eigenvalue weighted by atomic mass is 31.2. The van der Waals surface area contributed by atoms with Crippen LogP contribution in [0.25, 0.3) is 0 Å². The van der Waals surface area contributed by atoms with E-state index in [-0.39, 0.29) is 0 Å². The highest BCUT2D eigenvalue weighted by molar-refractivity contribution is 7.57. The average molecular weight is 376 g/mol. The molecular formula is C14H21N2O8P. The van der Waals surface area contributed by atoms with Gasteiger partial charge in [-0.2, -0.15) is 0 Å². The number of rotatable bonds is 7. The van der Waals surface area contributed by atoms with Gasteiger partial charge in [0.15, 0.2) is 6.23 Å². The summed E-state index contributed by atoms with van der Waals surface area (Å²) in [5, 5.41) is 0. The Morgan fingerprint density at radius 3 is 2.32 bits per heavy atom. The molecule has 1 aromatic rings. The summed E-state index contributed by atoms with van der Waals surface area (Å²) in [5.41, 5.74) is -1.16. The van der Waals surface area contributed by atoms with Crippen molar-refractivity contribution in [2.45, 2.75) is 24.5 Å². The largest absolute Gasteiger partial charge is 0.375 e. The zero-order chi connectivity index (χ0) is 18.6. The molecule has 25 heavy (non-hydrogen) atoms. The van der Waals surface area contributed by atoms with Crippen LogP contribution in [-0.4, -0.2) is 56.3 Å². The van der Waals surface area contributed by atoms with Gasteiger partial charge in [0.1, 0.15) is 18.3 Å². The highest BCUT2D eigenvalue weighted by Crippen LogP contribution is 2.48. The maximum Gasteiger partial charge on any atom is 0.353 e. The molecule has 1 saturated heterocycles. The number of aromatic amines is 1. The van der Waals surface area contributed by atoms with Gasteiger partial charge < -0.3 is 23.3 Å². The van der Waals surface area contributed by atoms with Crippen LogP contribution >= 0.6 is 7.60 Å². The number of nitrogens with one attached hydrogen (secondary N) is 1. The molecule has 2 heterocycles. The van der Waals surface area contributed by atoms with E-state index >= 15 is 0 Å². The second-order valence-corrected chi connectivity index (χ2v) is 7.26. The Balaban J connectivity index is 2.35. The van der Waals surface area contributed by atoms with Crippen LogP contribution in [0.3, 0.4) is 0 Å². The second-order valence-electron chi connectivity index (χ2n) is 5.16. The van der Waals surface area contributed by atoms with Crippen molar-refractivity contribution in [2.24, 2.45) is 0 Å². The van der Waals surface area contributed by atoms with Crippen LogP contribution in [0, 0.1) is 0 Å². The van der Waals surface area contributed by atoms with E-state index in [9.17, 15) is 14.2 Å². The Labute approximate surface area is 143 Å². The lowest BCUT2D eigenvalue weighted by molar-refractivity contribution is -0.0536. The monoisotopic (exact) mass is 376 g/mol. The zero-order valence-electron chi connectivity index (χ0n) is 14.3. The van der Waals surface area contributed by atoms with E-state index in [0.29, 0.717) is 0 Å². The topological polar surface area (TPSA) is 118 Å². The van der Waals surface area contributed by atoms with Gasteiger partial charge >= 0.3 is 13.3 Å². The van der Waals surface area contributed by atoms with Crippen LogP contribution < -0.4 is 11.2 Å². The van der Waals surface area contributed by atoms with Crippen LogP contribution in [-0.2, 0) is 27.8 Å². The lowest BCUT2D eigenvalue weighted by Crippen LogP contribution is -2.39. The Hall–Kier alpha value is -1.55. The normalized spacial score (nSPS) is 27.2. The third kappa shape index (κ3) is 4.17. The summed E-state index contributed by atoms with van der Waals surface area (Å²) < 4.78 is 39.7. The Kier molecular flexibility index (Phi) is 6.50. The first-order valence-electron chi connectivity index (χ1n) is 7.32. The summed E-state index contributed by atoms with van der Waals surface area (Å²) in [4.78, 5) is 25.4. The molecule has 4 atom stereocenters. The molecule has 0 saturated carbocycles. The van der Waals surface area contributed by atoms with Gasteiger partial charge in [0, 0.05) is 46.5 Å². The average Bonchev–Trinajstić information content (AvgIpc) is 2.97. The molecule has 1 aliphatic rings. The van der Waals surface area contributed by atoms with E-state index in [2.05, 4.69) is 4.98 Å². The summed E-state index contributed by atoms with van der Waals surface area (Å²) in [7, 11) is 2.06. The number of nitrogens with zero attached hydrogens (tertiary/aromatic N) is 1. The van der Waals surface area contributed by atoms with Crippen molar-refractivity contribution in [3.05, 3.63) is 45.0 Å². The predicted octanol–water partition coefficient (Wildman–Crippen LogP) is 0.464. The molecule has 0 aromatic carbocycles. The molecule has 2 unspecified atom stereocenters.